The number of esters is 1. The van der Waals surface area contributed by atoms with Crippen LogP contribution >= 0.6 is 15.9 Å². The molecule has 1 atom stereocenters. The molecule has 2 aromatic rings. The average molecular weight is 418 g/mol. The van der Waals surface area contributed by atoms with Gasteiger partial charge >= 0.3 is 5.97 Å². The van der Waals surface area contributed by atoms with Crippen molar-refractivity contribution in [2.45, 2.75) is 19.3 Å². The Kier molecular flexibility index (Phi) is 6.12. The molecule has 1 aliphatic rings. The van der Waals surface area contributed by atoms with Gasteiger partial charge in [0, 0.05) is 10.5 Å². The average Bonchev–Trinajstić information content (AvgIpc) is 3.02. The molecule has 0 saturated heterocycles. The van der Waals surface area contributed by atoms with Gasteiger partial charge in [-0.25, -0.2) is 4.79 Å². The Labute approximate surface area is 158 Å². The van der Waals surface area contributed by atoms with Crippen LogP contribution in [0.5, 0.6) is 5.75 Å². The minimum Gasteiger partial charge on any atom is -0.491 e. The Morgan fingerprint density at radius 1 is 1.23 bits per heavy atom. The molecule has 0 aliphatic carbocycles. The Balaban J connectivity index is 1.61. The van der Waals surface area contributed by atoms with E-state index in [0.29, 0.717) is 28.0 Å². The highest BCUT2D eigenvalue weighted by Gasteiger charge is 2.26. The summed E-state index contributed by atoms with van der Waals surface area (Å²) in [5.41, 5.74) is 11.0. The molecule has 0 spiro atoms. The summed E-state index contributed by atoms with van der Waals surface area (Å²) < 4.78 is 17.2. The first-order valence-electron chi connectivity index (χ1n) is 7.96. The second-order valence-electron chi connectivity index (χ2n) is 5.65. The number of hydrogen-bond acceptors (Lipinski definition) is 5. The molecule has 0 saturated carbocycles. The molecule has 26 heavy (non-hydrogen) atoms. The molecule has 0 aromatic heterocycles. The predicted molar refractivity (Wildman–Crippen MR) is 97.8 cm³/mol. The van der Waals surface area contributed by atoms with Crippen molar-refractivity contribution in [3.05, 3.63) is 74.1 Å². The van der Waals surface area contributed by atoms with Crippen molar-refractivity contribution >= 4 is 21.9 Å². The van der Waals surface area contributed by atoms with Gasteiger partial charge in [0.25, 0.3) is 0 Å². The fraction of sp³-hybridized carbons (Fsp3) is 0.278. The number of rotatable bonds is 8. The summed E-state index contributed by atoms with van der Waals surface area (Å²) in [7, 11) is 0. The number of azide groups is 1. The van der Waals surface area contributed by atoms with Crippen LogP contribution in [0, 0.1) is 0 Å². The Morgan fingerprint density at radius 2 is 2.04 bits per heavy atom. The van der Waals surface area contributed by atoms with Crippen molar-refractivity contribution in [3.8, 4) is 5.75 Å². The van der Waals surface area contributed by atoms with Gasteiger partial charge in [0.05, 0.1) is 35.9 Å². The molecule has 3 rings (SSSR count). The maximum Gasteiger partial charge on any atom is 0.339 e. The molecule has 134 valence electrons. The standard InChI is InChI=1S/C18H16BrN3O4/c19-16-7-6-14-15(11-26-18(14)23)17(16)25-10-13(21-22-20)9-24-8-12-4-2-1-3-5-12/h1-7,13H,8-11H2/t13-/m1/s1. The van der Waals surface area contributed by atoms with E-state index in [-0.39, 0.29) is 25.8 Å². The van der Waals surface area contributed by atoms with Crippen LogP contribution in [-0.2, 0) is 22.7 Å². The van der Waals surface area contributed by atoms with Gasteiger partial charge in [0.15, 0.2) is 0 Å². The summed E-state index contributed by atoms with van der Waals surface area (Å²) >= 11 is 3.42. The molecule has 7 nitrogen and oxygen atoms in total. The molecule has 8 heteroatoms. The van der Waals surface area contributed by atoms with E-state index in [4.69, 9.17) is 19.7 Å². The van der Waals surface area contributed by atoms with Crippen LogP contribution in [0.3, 0.4) is 0 Å². The van der Waals surface area contributed by atoms with Crippen molar-refractivity contribution in [1.82, 2.24) is 0 Å². The van der Waals surface area contributed by atoms with E-state index < -0.39 is 6.04 Å². The molecule has 0 fully saturated rings. The number of carbonyl (C=O) groups excluding carboxylic acids is 1. The van der Waals surface area contributed by atoms with E-state index in [0.717, 1.165) is 5.56 Å². The smallest absolute Gasteiger partial charge is 0.339 e. The van der Waals surface area contributed by atoms with Gasteiger partial charge in [0.2, 0.25) is 0 Å². The van der Waals surface area contributed by atoms with E-state index in [9.17, 15) is 4.79 Å². The lowest BCUT2D eigenvalue weighted by molar-refractivity contribution is 0.0533. The molecule has 2 aromatic carbocycles. The van der Waals surface area contributed by atoms with Crippen LogP contribution in [0.4, 0.5) is 0 Å². The van der Waals surface area contributed by atoms with Crippen molar-refractivity contribution in [1.29, 1.82) is 0 Å². The zero-order chi connectivity index (χ0) is 18.4. The third kappa shape index (κ3) is 4.35. The lowest BCUT2D eigenvalue weighted by atomic mass is 10.1. The van der Waals surface area contributed by atoms with Crippen LogP contribution < -0.4 is 4.74 Å². The largest absolute Gasteiger partial charge is 0.491 e. The van der Waals surface area contributed by atoms with Crippen molar-refractivity contribution in [3.63, 3.8) is 0 Å². The SMILES string of the molecule is [N-]=[N+]=N[C@H](COCc1ccccc1)COc1c(Br)ccc2c1COC2=O. The van der Waals surface area contributed by atoms with Crippen molar-refractivity contribution < 1.29 is 19.0 Å². The number of carbonyl (C=O) groups is 1. The topological polar surface area (TPSA) is 93.5 Å². The van der Waals surface area contributed by atoms with E-state index >= 15 is 0 Å². The maximum absolute atomic E-state index is 11.7. The lowest BCUT2D eigenvalue weighted by Crippen LogP contribution is -2.22. The number of ether oxygens (including phenoxy) is 3. The Bertz CT molecular complexity index is 838. The van der Waals surface area contributed by atoms with E-state index in [1.54, 1.807) is 12.1 Å². The van der Waals surface area contributed by atoms with E-state index in [1.165, 1.54) is 0 Å². The van der Waals surface area contributed by atoms with Crippen molar-refractivity contribution in [2.24, 2.45) is 5.11 Å². The highest BCUT2D eigenvalue weighted by molar-refractivity contribution is 9.10. The van der Waals surface area contributed by atoms with Gasteiger partial charge in [-0.15, -0.1) is 0 Å². The van der Waals surface area contributed by atoms with Gasteiger partial charge in [0.1, 0.15) is 12.4 Å². The lowest BCUT2D eigenvalue weighted by Gasteiger charge is -2.16. The Morgan fingerprint density at radius 3 is 2.81 bits per heavy atom. The molecule has 1 heterocycles. The molecule has 1 aliphatic heterocycles. The summed E-state index contributed by atoms with van der Waals surface area (Å²) in [5.74, 6) is 0.157. The maximum atomic E-state index is 11.7. The van der Waals surface area contributed by atoms with Gasteiger partial charge in [-0.3, -0.25) is 0 Å². The highest BCUT2D eigenvalue weighted by Crippen LogP contribution is 2.36. The molecule has 0 radical (unpaired) electrons. The number of benzene rings is 2. The van der Waals surface area contributed by atoms with Gasteiger partial charge in [-0.1, -0.05) is 35.4 Å². The third-order valence-corrected chi connectivity index (χ3v) is 4.46. The first-order chi connectivity index (χ1) is 12.7. The molecular formula is C18H16BrN3O4. The minimum absolute atomic E-state index is 0.127. The number of hydrogen-bond donors (Lipinski definition) is 0. The van der Waals surface area contributed by atoms with Crippen LogP contribution in [0.1, 0.15) is 21.5 Å². The summed E-state index contributed by atoms with van der Waals surface area (Å²) in [6, 6.07) is 12.6. The van der Waals surface area contributed by atoms with Crippen molar-refractivity contribution in [2.75, 3.05) is 13.2 Å². The summed E-state index contributed by atoms with van der Waals surface area (Å²) in [6.07, 6.45) is 0. The fourth-order valence-corrected chi connectivity index (χ4v) is 3.05. The van der Waals surface area contributed by atoms with Crippen LogP contribution in [0.2, 0.25) is 0 Å². The molecular weight excluding hydrogens is 402 g/mol. The number of nitrogens with zero attached hydrogens (tertiary/aromatic N) is 3. The molecule has 0 unspecified atom stereocenters. The zero-order valence-corrected chi connectivity index (χ0v) is 15.4. The number of halogens is 1. The highest BCUT2D eigenvalue weighted by atomic mass is 79.9. The summed E-state index contributed by atoms with van der Waals surface area (Å²) in [6.45, 7) is 0.938. The quantitative estimate of drug-likeness (QED) is 0.275. The number of fused-ring (bicyclic) bond motifs is 1. The van der Waals surface area contributed by atoms with Gasteiger partial charge in [-0.05, 0) is 39.2 Å². The monoisotopic (exact) mass is 417 g/mol. The van der Waals surface area contributed by atoms with E-state index in [1.807, 2.05) is 30.3 Å². The second-order valence-corrected chi connectivity index (χ2v) is 6.50. The zero-order valence-electron chi connectivity index (χ0n) is 13.8. The summed E-state index contributed by atoms with van der Waals surface area (Å²) in [4.78, 5) is 14.5. The third-order valence-electron chi connectivity index (χ3n) is 3.84. The second kappa shape index (κ2) is 8.71. The van der Waals surface area contributed by atoms with Crippen LogP contribution in [0.25, 0.3) is 10.4 Å². The molecule has 0 N–H and O–H groups in total. The number of cyclic esters (lactones) is 1. The normalized spacial score (nSPS) is 13.5. The minimum atomic E-state index is -0.496. The fourth-order valence-electron chi connectivity index (χ4n) is 2.56. The van der Waals surface area contributed by atoms with Gasteiger partial charge < -0.3 is 14.2 Å². The van der Waals surface area contributed by atoms with Gasteiger partial charge in [-0.2, -0.15) is 0 Å². The first-order valence-corrected chi connectivity index (χ1v) is 8.75. The summed E-state index contributed by atoms with van der Waals surface area (Å²) in [5, 5.41) is 3.73. The van der Waals surface area contributed by atoms with Crippen LogP contribution in [0.15, 0.2) is 52.1 Å². The van der Waals surface area contributed by atoms with Crippen LogP contribution in [-0.4, -0.2) is 25.2 Å². The first kappa shape index (κ1) is 18.3. The molecule has 0 bridgehead atoms. The Hall–Kier alpha value is -2.54. The predicted octanol–water partition coefficient (Wildman–Crippen LogP) is 4.39. The van der Waals surface area contributed by atoms with E-state index in [2.05, 4.69) is 26.0 Å². The molecule has 0 amide bonds.